The average Bonchev–Trinajstić information content (AvgIpc) is 3.07. The van der Waals surface area contributed by atoms with Crippen molar-refractivity contribution >= 4 is 29.1 Å². The Morgan fingerprint density at radius 3 is 2.57 bits per heavy atom. The number of amides is 2. The van der Waals surface area contributed by atoms with Gasteiger partial charge in [-0.25, -0.2) is 4.98 Å². The molecule has 0 saturated heterocycles. The number of nitrogens with zero attached hydrogens (tertiary/aromatic N) is 3. The van der Waals surface area contributed by atoms with Crippen LogP contribution in [-0.4, -0.2) is 38.7 Å². The fraction of sp³-hybridized carbons (Fsp3) is 0.389. The van der Waals surface area contributed by atoms with Crippen molar-refractivity contribution in [1.82, 2.24) is 15.2 Å². The molecular weight excluding hydrogens is 388 g/mol. The molecule has 0 aliphatic heterocycles. The first-order valence-electron chi connectivity index (χ1n) is 8.60. The van der Waals surface area contributed by atoms with Gasteiger partial charge in [-0.15, -0.1) is 0 Å². The molecule has 150 valence electrons. The number of nitrogens with one attached hydrogen (secondary N) is 1. The fourth-order valence-corrected chi connectivity index (χ4v) is 2.60. The van der Waals surface area contributed by atoms with Gasteiger partial charge in [-0.05, 0) is 39.8 Å². The number of carbonyl (C=O) groups is 2. The molecule has 0 spiro atoms. The largest absolute Gasteiger partial charge is 0.446 e. The molecule has 0 unspecified atom stereocenters. The van der Waals surface area contributed by atoms with Crippen molar-refractivity contribution in [3.05, 3.63) is 56.7 Å². The lowest BCUT2D eigenvalue weighted by Crippen LogP contribution is -2.36. The molecule has 28 heavy (non-hydrogen) atoms. The van der Waals surface area contributed by atoms with Crippen molar-refractivity contribution in [2.24, 2.45) is 0 Å². The second-order valence-electron chi connectivity index (χ2n) is 6.70. The molecule has 1 aromatic heterocycles. The van der Waals surface area contributed by atoms with Crippen molar-refractivity contribution in [1.29, 1.82) is 0 Å². The molecule has 0 bridgehead atoms. The van der Waals surface area contributed by atoms with E-state index in [1.165, 1.54) is 23.3 Å². The van der Waals surface area contributed by atoms with Crippen LogP contribution in [0.4, 0.5) is 5.69 Å². The molecule has 0 radical (unpaired) electrons. The first kappa shape index (κ1) is 21.4. The third-order valence-electron chi connectivity index (χ3n) is 3.78. The molecule has 0 fully saturated rings. The van der Waals surface area contributed by atoms with Crippen molar-refractivity contribution < 1.29 is 18.9 Å². The van der Waals surface area contributed by atoms with Crippen molar-refractivity contribution in [2.45, 2.75) is 46.3 Å². The zero-order valence-electron chi connectivity index (χ0n) is 15.9. The fourth-order valence-electron chi connectivity index (χ4n) is 2.41. The van der Waals surface area contributed by atoms with E-state index < -0.39 is 10.8 Å². The van der Waals surface area contributed by atoms with Crippen LogP contribution >= 0.6 is 11.6 Å². The van der Waals surface area contributed by atoms with Gasteiger partial charge in [0.1, 0.15) is 11.3 Å². The molecule has 2 amide bonds. The van der Waals surface area contributed by atoms with Gasteiger partial charge in [0.05, 0.1) is 11.5 Å². The number of carbonyl (C=O) groups excluding carboxylic acids is 2. The topological polar surface area (TPSA) is 119 Å². The van der Waals surface area contributed by atoms with Crippen molar-refractivity contribution in [3.8, 4) is 0 Å². The first-order valence-corrected chi connectivity index (χ1v) is 8.98. The van der Waals surface area contributed by atoms with Gasteiger partial charge in [0.15, 0.2) is 5.69 Å². The highest BCUT2D eigenvalue weighted by molar-refractivity contribution is 6.32. The summed E-state index contributed by atoms with van der Waals surface area (Å²) in [6.45, 7) is 7.23. The van der Waals surface area contributed by atoms with E-state index in [9.17, 15) is 19.7 Å². The summed E-state index contributed by atoms with van der Waals surface area (Å²) in [6.07, 6.45) is 1.23. The van der Waals surface area contributed by atoms with Crippen LogP contribution in [0.5, 0.6) is 0 Å². The Balaban J connectivity index is 2.23. The zero-order chi connectivity index (χ0) is 21.0. The summed E-state index contributed by atoms with van der Waals surface area (Å²) >= 11 is 5.81. The summed E-state index contributed by atoms with van der Waals surface area (Å²) < 4.78 is 5.32. The average molecular weight is 409 g/mol. The normalized spacial score (nSPS) is 11.0. The van der Waals surface area contributed by atoms with E-state index in [0.717, 1.165) is 6.07 Å². The summed E-state index contributed by atoms with van der Waals surface area (Å²) in [5.41, 5.74) is -0.115. The molecule has 2 rings (SSSR count). The van der Waals surface area contributed by atoms with Gasteiger partial charge in [-0.1, -0.05) is 11.6 Å². The second-order valence-corrected chi connectivity index (χ2v) is 7.11. The molecule has 0 aliphatic rings. The summed E-state index contributed by atoms with van der Waals surface area (Å²) in [4.78, 5) is 40.8. The Kier molecular flexibility index (Phi) is 6.74. The van der Waals surface area contributed by atoms with Crippen LogP contribution < -0.4 is 5.32 Å². The maximum atomic E-state index is 12.9. The van der Waals surface area contributed by atoms with E-state index in [-0.39, 0.29) is 52.4 Å². The van der Waals surface area contributed by atoms with Crippen LogP contribution in [0.25, 0.3) is 0 Å². The van der Waals surface area contributed by atoms with E-state index in [4.69, 9.17) is 16.0 Å². The maximum absolute atomic E-state index is 12.9. The van der Waals surface area contributed by atoms with Crippen LogP contribution in [0, 0.1) is 10.1 Å². The summed E-state index contributed by atoms with van der Waals surface area (Å²) in [5.74, 6) is -0.638. The quantitative estimate of drug-likeness (QED) is 0.553. The van der Waals surface area contributed by atoms with E-state index in [0.29, 0.717) is 0 Å². The molecule has 1 heterocycles. The van der Waals surface area contributed by atoms with Gasteiger partial charge < -0.3 is 14.6 Å². The van der Waals surface area contributed by atoms with Crippen molar-refractivity contribution in [2.75, 3.05) is 0 Å². The number of nitro benzene ring substituents is 1. The van der Waals surface area contributed by atoms with Crippen LogP contribution in [0.15, 0.2) is 28.9 Å². The molecule has 10 heteroatoms. The van der Waals surface area contributed by atoms with Crippen LogP contribution in [0.1, 0.15) is 54.4 Å². The molecular formula is C18H21ClN4O5. The van der Waals surface area contributed by atoms with Crippen molar-refractivity contribution in [3.63, 3.8) is 0 Å². The lowest BCUT2D eigenvalue weighted by atomic mass is 10.1. The number of hydrogen-bond donors (Lipinski definition) is 1. The Hall–Kier alpha value is -2.94. The lowest BCUT2D eigenvalue weighted by molar-refractivity contribution is -0.384. The second kappa shape index (κ2) is 8.83. The van der Waals surface area contributed by atoms with Crippen LogP contribution in [0.2, 0.25) is 5.02 Å². The monoisotopic (exact) mass is 408 g/mol. The number of rotatable bonds is 7. The smallest absolute Gasteiger partial charge is 0.288 e. The minimum atomic E-state index is -0.646. The lowest BCUT2D eigenvalue weighted by Gasteiger charge is -2.25. The molecule has 2 aromatic rings. The Bertz CT molecular complexity index is 894. The minimum absolute atomic E-state index is 0.00187. The van der Waals surface area contributed by atoms with Crippen LogP contribution in [-0.2, 0) is 6.54 Å². The van der Waals surface area contributed by atoms with E-state index in [1.807, 2.05) is 13.8 Å². The van der Waals surface area contributed by atoms with E-state index in [2.05, 4.69) is 10.3 Å². The number of benzene rings is 1. The highest BCUT2D eigenvalue weighted by atomic mass is 35.5. The van der Waals surface area contributed by atoms with Gasteiger partial charge in [0, 0.05) is 23.7 Å². The third-order valence-corrected chi connectivity index (χ3v) is 4.10. The zero-order valence-corrected chi connectivity index (χ0v) is 16.7. The molecule has 0 saturated carbocycles. The minimum Gasteiger partial charge on any atom is -0.446 e. The SMILES string of the molecule is CC(C)NC(=O)c1coc(CN(C(=O)c2ccc(Cl)c([N+](=O)[O-])c2)C(C)C)n1. The summed E-state index contributed by atoms with van der Waals surface area (Å²) in [7, 11) is 0. The molecule has 1 N–H and O–H groups in total. The predicted molar refractivity (Wildman–Crippen MR) is 102 cm³/mol. The first-order chi connectivity index (χ1) is 13.1. The van der Waals surface area contributed by atoms with Gasteiger partial charge in [0.2, 0.25) is 5.89 Å². The third kappa shape index (κ3) is 5.07. The molecule has 9 nitrogen and oxygen atoms in total. The predicted octanol–water partition coefficient (Wildman–Crippen LogP) is 3.43. The summed E-state index contributed by atoms with van der Waals surface area (Å²) in [6, 6.07) is 3.57. The Morgan fingerprint density at radius 2 is 2.00 bits per heavy atom. The standard InChI is InChI=1S/C18H21ClN4O5/c1-10(2)20-17(24)14-9-28-16(21-14)8-22(11(3)4)18(25)12-5-6-13(19)15(7-12)23(26)27/h5-7,9-11H,8H2,1-4H3,(H,20,24). The van der Waals surface area contributed by atoms with E-state index >= 15 is 0 Å². The highest BCUT2D eigenvalue weighted by Crippen LogP contribution is 2.26. The summed E-state index contributed by atoms with van der Waals surface area (Å²) in [5, 5.41) is 13.7. The highest BCUT2D eigenvalue weighted by Gasteiger charge is 2.24. The van der Waals surface area contributed by atoms with Gasteiger partial charge in [0.25, 0.3) is 17.5 Å². The van der Waals surface area contributed by atoms with Gasteiger partial charge in [-0.3, -0.25) is 19.7 Å². The maximum Gasteiger partial charge on any atom is 0.288 e. The number of hydrogen-bond acceptors (Lipinski definition) is 6. The van der Waals surface area contributed by atoms with Gasteiger partial charge >= 0.3 is 0 Å². The number of oxazole rings is 1. The Morgan fingerprint density at radius 1 is 1.32 bits per heavy atom. The van der Waals surface area contributed by atoms with Gasteiger partial charge in [-0.2, -0.15) is 0 Å². The van der Waals surface area contributed by atoms with Crippen LogP contribution in [0.3, 0.4) is 0 Å². The molecule has 1 aromatic carbocycles. The number of halogens is 1. The molecule has 0 atom stereocenters. The van der Waals surface area contributed by atoms with E-state index in [1.54, 1.807) is 13.8 Å². The number of nitro groups is 1. The molecule has 0 aliphatic carbocycles. The Labute approximate surface area is 166 Å². The number of aromatic nitrogens is 1.